The van der Waals surface area contributed by atoms with Gasteiger partial charge in [0.1, 0.15) is 5.82 Å². The molecule has 2 aromatic rings. The molecule has 0 radical (unpaired) electrons. The quantitative estimate of drug-likeness (QED) is 0.799. The maximum atomic E-state index is 12.8. The lowest BCUT2D eigenvalue weighted by Crippen LogP contribution is -2.48. The van der Waals surface area contributed by atoms with E-state index in [1.807, 2.05) is 12.1 Å². The minimum Gasteiger partial charge on any atom is -0.378 e. The Morgan fingerprint density at radius 2 is 1.69 bits per heavy atom. The molecule has 0 bridgehead atoms. The molecular formula is C22H29N5O2. The van der Waals surface area contributed by atoms with Gasteiger partial charge in [-0.25, -0.2) is 4.98 Å². The second-order valence-corrected chi connectivity index (χ2v) is 7.39. The Labute approximate surface area is 172 Å². The first-order valence-corrected chi connectivity index (χ1v) is 10.4. The summed E-state index contributed by atoms with van der Waals surface area (Å²) in [5.74, 6) is 0.701. The molecule has 0 aliphatic carbocycles. The average Bonchev–Trinajstić information content (AvgIpc) is 2.80. The third-order valence-corrected chi connectivity index (χ3v) is 5.55. The van der Waals surface area contributed by atoms with Gasteiger partial charge in [-0.2, -0.15) is 0 Å². The van der Waals surface area contributed by atoms with Gasteiger partial charge in [0.05, 0.1) is 18.8 Å². The number of morpholine rings is 1. The molecule has 1 N–H and O–H groups in total. The van der Waals surface area contributed by atoms with E-state index in [9.17, 15) is 4.79 Å². The van der Waals surface area contributed by atoms with Crippen molar-refractivity contribution in [3.63, 3.8) is 0 Å². The summed E-state index contributed by atoms with van der Waals surface area (Å²) < 4.78 is 5.41. The fraction of sp³-hybridized carbons (Fsp3) is 0.455. The highest BCUT2D eigenvalue weighted by atomic mass is 16.5. The Morgan fingerprint density at radius 1 is 0.931 bits per heavy atom. The lowest BCUT2D eigenvalue weighted by atomic mass is 10.2. The van der Waals surface area contributed by atoms with E-state index in [-0.39, 0.29) is 5.91 Å². The molecule has 29 heavy (non-hydrogen) atoms. The van der Waals surface area contributed by atoms with Crippen molar-refractivity contribution in [3.05, 3.63) is 54.2 Å². The van der Waals surface area contributed by atoms with Gasteiger partial charge >= 0.3 is 0 Å². The zero-order valence-electron chi connectivity index (χ0n) is 16.8. The molecule has 154 valence electrons. The Bertz CT molecular complexity index is 787. The molecule has 2 aliphatic rings. The number of rotatable bonds is 6. The third-order valence-electron chi connectivity index (χ3n) is 5.55. The molecule has 2 fully saturated rings. The molecule has 2 saturated heterocycles. The number of piperazine rings is 1. The Balaban J connectivity index is 1.25. The van der Waals surface area contributed by atoms with Crippen molar-refractivity contribution >= 4 is 17.4 Å². The summed E-state index contributed by atoms with van der Waals surface area (Å²) in [5.41, 5.74) is 1.93. The van der Waals surface area contributed by atoms with Gasteiger partial charge in [0.15, 0.2) is 0 Å². The summed E-state index contributed by atoms with van der Waals surface area (Å²) in [4.78, 5) is 24.2. The number of ether oxygens (including phenoxy) is 1. The molecule has 7 heteroatoms. The lowest BCUT2D eigenvalue weighted by Gasteiger charge is -2.36. The summed E-state index contributed by atoms with van der Waals surface area (Å²) in [6.45, 7) is 8.44. The van der Waals surface area contributed by atoms with E-state index in [4.69, 9.17) is 4.74 Å². The number of carbonyl (C=O) groups is 1. The SMILES string of the molecule is O=C(NCCN1CCN(c2ccccc2)CC1)c1cccnc1N1CCOCC1. The van der Waals surface area contributed by atoms with Crippen LogP contribution in [0.1, 0.15) is 10.4 Å². The van der Waals surface area contributed by atoms with E-state index in [0.29, 0.717) is 25.3 Å². The van der Waals surface area contributed by atoms with E-state index < -0.39 is 0 Å². The number of carbonyl (C=O) groups excluding carboxylic acids is 1. The first kappa shape index (κ1) is 19.7. The van der Waals surface area contributed by atoms with Crippen LogP contribution in [0.25, 0.3) is 0 Å². The number of anilines is 2. The number of amides is 1. The minimum absolute atomic E-state index is 0.0532. The van der Waals surface area contributed by atoms with Crippen molar-refractivity contribution in [2.24, 2.45) is 0 Å². The third kappa shape index (κ3) is 5.05. The first-order chi connectivity index (χ1) is 14.3. The van der Waals surface area contributed by atoms with E-state index >= 15 is 0 Å². The Kier molecular flexibility index (Phi) is 6.59. The van der Waals surface area contributed by atoms with Gasteiger partial charge in [-0.1, -0.05) is 18.2 Å². The fourth-order valence-electron chi connectivity index (χ4n) is 3.89. The van der Waals surface area contributed by atoms with Crippen LogP contribution in [0.15, 0.2) is 48.7 Å². The summed E-state index contributed by atoms with van der Waals surface area (Å²) >= 11 is 0. The van der Waals surface area contributed by atoms with Gasteiger partial charge < -0.3 is 19.9 Å². The van der Waals surface area contributed by atoms with Gasteiger partial charge in [0, 0.05) is 64.2 Å². The van der Waals surface area contributed by atoms with E-state index in [2.05, 4.69) is 55.3 Å². The number of pyridine rings is 1. The molecule has 0 saturated carbocycles. The number of aromatic nitrogens is 1. The van der Waals surface area contributed by atoms with Crippen molar-refractivity contribution in [2.45, 2.75) is 0 Å². The zero-order valence-corrected chi connectivity index (χ0v) is 16.8. The van der Waals surface area contributed by atoms with Crippen LogP contribution in [0.4, 0.5) is 11.5 Å². The van der Waals surface area contributed by atoms with Crippen LogP contribution >= 0.6 is 0 Å². The maximum Gasteiger partial charge on any atom is 0.255 e. The number of para-hydroxylation sites is 1. The van der Waals surface area contributed by atoms with Gasteiger partial charge in [-0.05, 0) is 24.3 Å². The van der Waals surface area contributed by atoms with Crippen molar-refractivity contribution < 1.29 is 9.53 Å². The zero-order chi connectivity index (χ0) is 19.9. The fourth-order valence-corrected chi connectivity index (χ4v) is 3.89. The van der Waals surface area contributed by atoms with E-state index in [1.165, 1.54) is 5.69 Å². The van der Waals surface area contributed by atoms with Gasteiger partial charge in [0.2, 0.25) is 0 Å². The molecule has 4 rings (SSSR count). The van der Waals surface area contributed by atoms with Crippen molar-refractivity contribution in [1.82, 2.24) is 15.2 Å². The van der Waals surface area contributed by atoms with Crippen LogP contribution in [-0.4, -0.2) is 81.4 Å². The summed E-state index contributed by atoms with van der Waals surface area (Å²) in [6, 6.07) is 14.2. The molecule has 3 heterocycles. The molecule has 0 atom stereocenters. The summed E-state index contributed by atoms with van der Waals surface area (Å²) in [5, 5.41) is 3.08. The Morgan fingerprint density at radius 3 is 2.45 bits per heavy atom. The maximum absolute atomic E-state index is 12.8. The topological polar surface area (TPSA) is 60.9 Å². The highest BCUT2D eigenvalue weighted by molar-refractivity contribution is 5.98. The van der Waals surface area contributed by atoms with Crippen molar-refractivity contribution in [2.75, 3.05) is 75.4 Å². The van der Waals surface area contributed by atoms with Crippen LogP contribution in [-0.2, 0) is 4.74 Å². The van der Waals surface area contributed by atoms with Crippen LogP contribution < -0.4 is 15.1 Å². The van der Waals surface area contributed by atoms with Gasteiger partial charge in [-0.3, -0.25) is 9.69 Å². The lowest BCUT2D eigenvalue weighted by molar-refractivity contribution is 0.0946. The second-order valence-electron chi connectivity index (χ2n) is 7.39. The minimum atomic E-state index is -0.0532. The molecule has 1 aromatic heterocycles. The van der Waals surface area contributed by atoms with Crippen LogP contribution in [0.2, 0.25) is 0 Å². The summed E-state index contributed by atoms with van der Waals surface area (Å²) in [6.07, 6.45) is 1.74. The van der Waals surface area contributed by atoms with Crippen molar-refractivity contribution in [1.29, 1.82) is 0 Å². The summed E-state index contributed by atoms with van der Waals surface area (Å²) in [7, 11) is 0. The normalized spacial score (nSPS) is 17.9. The average molecular weight is 396 g/mol. The monoisotopic (exact) mass is 395 g/mol. The number of hydrogen-bond acceptors (Lipinski definition) is 6. The standard InChI is InChI=1S/C22H29N5O2/c28-22(20-7-4-8-23-21(20)27-15-17-29-18-16-27)24-9-10-25-11-13-26(14-12-25)19-5-2-1-3-6-19/h1-8H,9-18H2,(H,24,28). The number of hydrogen-bond donors (Lipinski definition) is 1. The molecule has 1 amide bonds. The Hall–Kier alpha value is -2.64. The van der Waals surface area contributed by atoms with Crippen LogP contribution in [0.3, 0.4) is 0 Å². The molecule has 1 aromatic carbocycles. The largest absolute Gasteiger partial charge is 0.378 e. The van der Waals surface area contributed by atoms with Crippen molar-refractivity contribution in [3.8, 4) is 0 Å². The van der Waals surface area contributed by atoms with E-state index in [1.54, 1.807) is 6.20 Å². The molecule has 0 spiro atoms. The van der Waals surface area contributed by atoms with Gasteiger partial charge in [0.25, 0.3) is 5.91 Å². The highest BCUT2D eigenvalue weighted by Gasteiger charge is 2.20. The molecule has 7 nitrogen and oxygen atoms in total. The first-order valence-electron chi connectivity index (χ1n) is 10.4. The predicted octanol–water partition coefficient (Wildman–Crippen LogP) is 1.47. The van der Waals surface area contributed by atoms with Gasteiger partial charge in [-0.15, -0.1) is 0 Å². The molecule has 0 unspecified atom stereocenters. The highest BCUT2D eigenvalue weighted by Crippen LogP contribution is 2.18. The van der Waals surface area contributed by atoms with Crippen LogP contribution in [0.5, 0.6) is 0 Å². The predicted molar refractivity (Wildman–Crippen MR) is 115 cm³/mol. The number of nitrogens with zero attached hydrogens (tertiary/aromatic N) is 4. The van der Waals surface area contributed by atoms with Crippen LogP contribution in [0, 0.1) is 0 Å². The molecule has 2 aliphatic heterocycles. The number of benzene rings is 1. The molecular weight excluding hydrogens is 366 g/mol. The second kappa shape index (κ2) is 9.71. The van der Waals surface area contributed by atoms with E-state index in [0.717, 1.165) is 51.6 Å². The number of nitrogens with one attached hydrogen (secondary N) is 1. The smallest absolute Gasteiger partial charge is 0.255 e.